The second-order valence-corrected chi connectivity index (χ2v) is 8.90. The maximum atomic E-state index is 12.9. The van der Waals surface area contributed by atoms with Crippen molar-refractivity contribution in [2.24, 2.45) is 5.10 Å². The lowest BCUT2D eigenvalue weighted by Crippen LogP contribution is -2.40. The Kier molecular flexibility index (Phi) is 7.84. The van der Waals surface area contributed by atoms with Crippen LogP contribution >= 0.6 is 0 Å². The van der Waals surface area contributed by atoms with Crippen LogP contribution in [0.25, 0.3) is 0 Å². The first-order valence-corrected chi connectivity index (χ1v) is 11.6. The monoisotopic (exact) mass is 461 g/mol. The fraction of sp³-hybridized carbons (Fsp3) is 0.364. The highest BCUT2D eigenvalue weighted by Gasteiger charge is 2.26. The van der Waals surface area contributed by atoms with Crippen molar-refractivity contribution in [1.29, 1.82) is 0 Å². The van der Waals surface area contributed by atoms with Gasteiger partial charge < -0.3 is 14.2 Å². The average molecular weight is 462 g/mol. The normalized spacial score (nSPS) is 15.3. The summed E-state index contributed by atoms with van der Waals surface area (Å²) in [5.41, 5.74) is 4.13. The number of amides is 1. The van der Waals surface area contributed by atoms with Gasteiger partial charge in [0.1, 0.15) is 0 Å². The summed E-state index contributed by atoms with van der Waals surface area (Å²) in [7, 11) is -0.598. The molecule has 1 aliphatic heterocycles. The summed E-state index contributed by atoms with van der Waals surface area (Å²) in [5.74, 6) is 0.642. The molecule has 32 heavy (non-hydrogen) atoms. The zero-order chi connectivity index (χ0) is 23.1. The Morgan fingerprint density at radius 3 is 2.44 bits per heavy atom. The van der Waals surface area contributed by atoms with Gasteiger partial charge in [-0.3, -0.25) is 4.79 Å². The van der Waals surface area contributed by atoms with Crippen LogP contribution in [0.5, 0.6) is 11.5 Å². The number of carbonyl (C=O) groups is 1. The molecule has 0 unspecified atom stereocenters. The molecule has 0 spiro atoms. The molecule has 2 aromatic rings. The molecule has 9 nitrogen and oxygen atoms in total. The van der Waals surface area contributed by atoms with Crippen LogP contribution in [0.3, 0.4) is 0 Å². The molecule has 0 radical (unpaired) electrons. The molecule has 1 N–H and O–H groups in total. The molecule has 172 valence electrons. The Balaban J connectivity index is 1.79. The number of carbonyl (C=O) groups excluding carboxylic acids is 1. The largest absolute Gasteiger partial charge is 0.493 e. The van der Waals surface area contributed by atoms with Crippen molar-refractivity contribution in [3.8, 4) is 11.5 Å². The van der Waals surface area contributed by atoms with E-state index in [0.717, 1.165) is 5.56 Å². The fourth-order valence-electron chi connectivity index (χ4n) is 3.28. The zero-order valence-electron chi connectivity index (χ0n) is 18.3. The van der Waals surface area contributed by atoms with Gasteiger partial charge in [0, 0.05) is 24.2 Å². The molecule has 0 bridgehead atoms. The number of nitrogens with one attached hydrogen (secondary N) is 1. The molecule has 1 fully saturated rings. The number of ether oxygens (including phenoxy) is 3. The summed E-state index contributed by atoms with van der Waals surface area (Å²) >= 11 is 0. The van der Waals surface area contributed by atoms with Crippen LogP contribution in [-0.2, 0) is 14.8 Å². The molecule has 3 rings (SSSR count). The van der Waals surface area contributed by atoms with Gasteiger partial charge in [-0.2, -0.15) is 9.41 Å². The van der Waals surface area contributed by atoms with Crippen LogP contribution in [0.1, 0.15) is 29.3 Å². The lowest BCUT2D eigenvalue weighted by Gasteiger charge is -2.26. The molecule has 1 saturated heterocycles. The lowest BCUT2D eigenvalue weighted by molar-refractivity contribution is 0.0730. The highest BCUT2D eigenvalue weighted by Crippen LogP contribution is 2.28. The summed E-state index contributed by atoms with van der Waals surface area (Å²) in [4.78, 5) is 12.7. The molecule has 2 aromatic carbocycles. The molecular weight excluding hydrogens is 434 g/mol. The van der Waals surface area contributed by atoms with E-state index in [2.05, 4.69) is 10.5 Å². The standard InChI is InChI=1S/C22H27N3O6S/c1-4-19(16-8-9-20(29-2)21(15-16)30-3)23-24-22(26)17-6-5-7-18(14-17)32(27,28)25-10-12-31-13-11-25/h5-9,14-15H,4,10-13H2,1-3H3,(H,24,26)/b23-19+. The van der Waals surface area contributed by atoms with Crippen LogP contribution in [-0.4, -0.2) is 64.9 Å². The maximum Gasteiger partial charge on any atom is 0.271 e. The number of rotatable bonds is 8. The van der Waals surface area contributed by atoms with Gasteiger partial charge in [-0.1, -0.05) is 13.0 Å². The van der Waals surface area contributed by atoms with Gasteiger partial charge in [-0.15, -0.1) is 0 Å². The third-order valence-corrected chi connectivity index (χ3v) is 6.94. The second kappa shape index (κ2) is 10.6. The Morgan fingerprint density at radius 1 is 1.06 bits per heavy atom. The minimum Gasteiger partial charge on any atom is -0.493 e. The van der Waals surface area contributed by atoms with E-state index < -0.39 is 15.9 Å². The van der Waals surface area contributed by atoms with E-state index in [0.29, 0.717) is 36.8 Å². The molecule has 1 aliphatic rings. The lowest BCUT2D eigenvalue weighted by atomic mass is 10.1. The first-order valence-electron chi connectivity index (χ1n) is 10.2. The van der Waals surface area contributed by atoms with Gasteiger partial charge in [0.2, 0.25) is 10.0 Å². The van der Waals surface area contributed by atoms with E-state index in [-0.39, 0.29) is 23.5 Å². The highest BCUT2D eigenvalue weighted by molar-refractivity contribution is 7.89. The Hall–Kier alpha value is -2.95. The molecule has 0 aliphatic carbocycles. The van der Waals surface area contributed by atoms with E-state index in [4.69, 9.17) is 14.2 Å². The summed E-state index contributed by atoms with van der Waals surface area (Å²) in [6, 6.07) is 11.3. The third kappa shape index (κ3) is 5.26. The number of hydrazone groups is 1. The van der Waals surface area contributed by atoms with Gasteiger partial charge in [-0.25, -0.2) is 13.8 Å². The number of hydrogen-bond donors (Lipinski definition) is 1. The van der Waals surface area contributed by atoms with Crippen LogP contribution in [0.15, 0.2) is 52.5 Å². The summed E-state index contributed by atoms with van der Waals surface area (Å²) in [5, 5.41) is 4.25. The second-order valence-electron chi connectivity index (χ2n) is 6.97. The highest BCUT2D eigenvalue weighted by atomic mass is 32.2. The van der Waals surface area contributed by atoms with Crippen molar-refractivity contribution in [2.75, 3.05) is 40.5 Å². The maximum absolute atomic E-state index is 12.9. The van der Waals surface area contributed by atoms with Gasteiger partial charge in [0.25, 0.3) is 5.91 Å². The smallest absolute Gasteiger partial charge is 0.271 e. The van der Waals surface area contributed by atoms with Gasteiger partial charge in [0.05, 0.1) is 38.0 Å². The van der Waals surface area contributed by atoms with Crippen molar-refractivity contribution in [1.82, 2.24) is 9.73 Å². The topological polar surface area (TPSA) is 107 Å². The Morgan fingerprint density at radius 2 is 1.78 bits per heavy atom. The van der Waals surface area contributed by atoms with Crippen LogP contribution < -0.4 is 14.9 Å². The van der Waals surface area contributed by atoms with E-state index in [1.807, 2.05) is 13.0 Å². The minimum absolute atomic E-state index is 0.0617. The van der Waals surface area contributed by atoms with Crippen molar-refractivity contribution >= 4 is 21.6 Å². The average Bonchev–Trinajstić information content (AvgIpc) is 2.84. The predicted octanol–water partition coefficient (Wildman–Crippen LogP) is 2.27. The Bertz CT molecular complexity index is 1090. The number of methoxy groups -OCH3 is 2. The minimum atomic E-state index is -3.70. The van der Waals surface area contributed by atoms with Gasteiger partial charge in [0.15, 0.2) is 11.5 Å². The quantitative estimate of drug-likeness (QED) is 0.477. The van der Waals surface area contributed by atoms with E-state index in [1.54, 1.807) is 38.5 Å². The Labute approximate surface area is 188 Å². The first-order chi connectivity index (χ1) is 15.4. The van der Waals surface area contributed by atoms with Crippen molar-refractivity contribution < 1.29 is 27.4 Å². The zero-order valence-corrected chi connectivity index (χ0v) is 19.1. The van der Waals surface area contributed by atoms with Crippen molar-refractivity contribution in [2.45, 2.75) is 18.2 Å². The van der Waals surface area contributed by atoms with Crippen LogP contribution in [0.2, 0.25) is 0 Å². The van der Waals surface area contributed by atoms with Gasteiger partial charge >= 0.3 is 0 Å². The number of hydrogen-bond acceptors (Lipinski definition) is 7. The van der Waals surface area contributed by atoms with E-state index in [1.165, 1.54) is 16.4 Å². The summed E-state index contributed by atoms with van der Waals surface area (Å²) < 4.78 is 42.9. The number of benzene rings is 2. The molecular formula is C22H27N3O6S. The molecule has 0 aromatic heterocycles. The summed E-state index contributed by atoms with van der Waals surface area (Å²) in [6.45, 7) is 3.19. The van der Waals surface area contributed by atoms with Gasteiger partial charge in [-0.05, 0) is 42.8 Å². The SMILES string of the molecule is CC/C(=N\NC(=O)c1cccc(S(=O)(=O)N2CCOCC2)c1)c1ccc(OC)c(OC)c1. The van der Waals surface area contributed by atoms with E-state index >= 15 is 0 Å². The van der Waals surface area contributed by atoms with Crippen molar-refractivity contribution in [3.05, 3.63) is 53.6 Å². The first kappa shape index (κ1) is 23.7. The number of nitrogens with zero attached hydrogens (tertiary/aromatic N) is 2. The van der Waals surface area contributed by atoms with Crippen molar-refractivity contribution in [3.63, 3.8) is 0 Å². The molecule has 10 heteroatoms. The molecule has 1 amide bonds. The molecule has 1 heterocycles. The van der Waals surface area contributed by atoms with Crippen LogP contribution in [0, 0.1) is 0 Å². The predicted molar refractivity (Wildman–Crippen MR) is 120 cm³/mol. The van der Waals surface area contributed by atoms with E-state index in [9.17, 15) is 13.2 Å². The fourth-order valence-corrected chi connectivity index (χ4v) is 4.73. The number of morpholine rings is 1. The molecule has 0 saturated carbocycles. The third-order valence-electron chi connectivity index (χ3n) is 5.05. The summed E-state index contributed by atoms with van der Waals surface area (Å²) in [6.07, 6.45) is 0.557. The molecule has 0 atom stereocenters. The van der Waals surface area contributed by atoms with Crippen LogP contribution in [0.4, 0.5) is 0 Å². The number of sulfonamides is 1.